The monoisotopic (exact) mass is 393 g/mol. The lowest BCUT2D eigenvalue weighted by Crippen LogP contribution is -2.48. The van der Waals surface area contributed by atoms with Gasteiger partial charge >= 0.3 is 0 Å². The highest BCUT2D eigenvalue weighted by Gasteiger charge is 2.38. The molecule has 4 rings (SSSR count). The Morgan fingerprint density at radius 3 is 2.07 bits per heavy atom. The second kappa shape index (κ2) is 8.33. The summed E-state index contributed by atoms with van der Waals surface area (Å²) in [4.78, 5) is 27.5. The molecule has 0 atom stereocenters. The smallest absolute Gasteiger partial charge is 0.269 e. The van der Waals surface area contributed by atoms with Gasteiger partial charge in [0.25, 0.3) is 11.6 Å². The van der Waals surface area contributed by atoms with Crippen LogP contribution in [0.3, 0.4) is 0 Å². The first-order valence-corrected chi connectivity index (χ1v) is 10.3. The molecule has 0 unspecified atom stereocenters. The van der Waals surface area contributed by atoms with E-state index in [1.54, 1.807) is 12.1 Å². The van der Waals surface area contributed by atoms with E-state index in [2.05, 4.69) is 35.2 Å². The van der Waals surface area contributed by atoms with Crippen molar-refractivity contribution < 1.29 is 9.72 Å². The number of amides is 1. The van der Waals surface area contributed by atoms with Crippen LogP contribution >= 0.6 is 0 Å². The molecule has 2 aromatic carbocycles. The third-order valence-electron chi connectivity index (χ3n) is 6.60. The number of nitro groups is 1. The van der Waals surface area contributed by atoms with Crippen molar-refractivity contribution in [3.8, 4) is 0 Å². The lowest BCUT2D eigenvalue weighted by atomic mass is 9.71. The minimum absolute atomic E-state index is 0.0152. The van der Waals surface area contributed by atoms with Crippen molar-refractivity contribution >= 4 is 11.6 Å². The largest absolute Gasteiger partial charge is 0.339 e. The van der Waals surface area contributed by atoms with E-state index in [1.165, 1.54) is 30.5 Å². The van der Waals surface area contributed by atoms with E-state index in [-0.39, 0.29) is 11.6 Å². The Labute approximate surface area is 171 Å². The third kappa shape index (κ3) is 4.48. The van der Waals surface area contributed by atoms with Crippen molar-refractivity contribution in [1.82, 2.24) is 9.80 Å². The van der Waals surface area contributed by atoms with Crippen LogP contribution in [0, 0.1) is 15.5 Å². The maximum Gasteiger partial charge on any atom is 0.269 e. The quantitative estimate of drug-likeness (QED) is 0.579. The van der Waals surface area contributed by atoms with Gasteiger partial charge in [0.05, 0.1) is 4.92 Å². The molecule has 1 amide bonds. The molecule has 1 spiro atoms. The predicted octanol–water partition coefficient (Wildman–Crippen LogP) is 4.11. The van der Waals surface area contributed by atoms with Crippen LogP contribution in [0.1, 0.15) is 41.6 Å². The molecule has 0 radical (unpaired) electrons. The number of hydrogen-bond acceptors (Lipinski definition) is 4. The van der Waals surface area contributed by atoms with E-state index in [1.807, 2.05) is 4.90 Å². The van der Waals surface area contributed by atoms with Gasteiger partial charge in [-0.3, -0.25) is 19.8 Å². The van der Waals surface area contributed by atoms with E-state index in [9.17, 15) is 14.9 Å². The van der Waals surface area contributed by atoms with Crippen molar-refractivity contribution in [2.24, 2.45) is 5.41 Å². The lowest BCUT2D eigenvalue weighted by Gasteiger charge is -2.47. The van der Waals surface area contributed by atoms with Gasteiger partial charge in [-0.1, -0.05) is 30.3 Å². The lowest BCUT2D eigenvalue weighted by molar-refractivity contribution is -0.384. The Bertz CT molecular complexity index is 849. The van der Waals surface area contributed by atoms with Crippen LogP contribution in [-0.2, 0) is 6.54 Å². The van der Waals surface area contributed by atoms with Crippen molar-refractivity contribution in [2.75, 3.05) is 26.2 Å². The second-order valence-electron chi connectivity index (χ2n) is 8.36. The van der Waals surface area contributed by atoms with Gasteiger partial charge in [0, 0.05) is 37.3 Å². The summed E-state index contributed by atoms with van der Waals surface area (Å²) in [5, 5.41) is 10.8. The Morgan fingerprint density at radius 1 is 0.897 bits per heavy atom. The molecular formula is C23H27N3O3. The predicted molar refractivity (Wildman–Crippen MR) is 112 cm³/mol. The second-order valence-corrected chi connectivity index (χ2v) is 8.36. The zero-order valence-electron chi connectivity index (χ0n) is 16.6. The minimum Gasteiger partial charge on any atom is -0.339 e. The Morgan fingerprint density at radius 2 is 1.48 bits per heavy atom. The number of nitro benzene ring substituents is 1. The third-order valence-corrected chi connectivity index (χ3v) is 6.60. The highest BCUT2D eigenvalue weighted by molar-refractivity contribution is 5.94. The topological polar surface area (TPSA) is 66.7 Å². The van der Waals surface area contributed by atoms with Gasteiger partial charge in [-0.05, 0) is 61.9 Å². The summed E-state index contributed by atoms with van der Waals surface area (Å²) in [5.74, 6) is -0.0174. The van der Waals surface area contributed by atoms with Gasteiger partial charge < -0.3 is 4.90 Å². The van der Waals surface area contributed by atoms with Crippen LogP contribution in [0.5, 0.6) is 0 Å². The van der Waals surface area contributed by atoms with Crippen molar-refractivity contribution in [2.45, 2.75) is 32.2 Å². The van der Waals surface area contributed by atoms with Crippen molar-refractivity contribution in [1.29, 1.82) is 0 Å². The SMILES string of the molecule is O=C(c1ccc([N+](=O)[O-])cc1)N1CCC2(CCN(Cc3ccccc3)CC2)CC1. The molecule has 2 aliphatic heterocycles. The average Bonchev–Trinajstić information content (AvgIpc) is 2.76. The molecule has 0 bridgehead atoms. The van der Waals surface area contributed by atoms with Gasteiger partial charge in [-0.25, -0.2) is 0 Å². The van der Waals surface area contributed by atoms with Crippen LogP contribution in [-0.4, -0.2) is 46.8 Å². The normalized spacial score (nSPS) is 19.2. The zero-order valence-corrected chi connectivity index (χ0v) is 16.6. The number of likely N-dealkylation sites (tertiary alicyclic amines) is 2. The van der Waals surface area contributed by atoms with Crippen LogP contribution in [0.15, 0.2) is 54.6 Å². The van der Waals surface area contributed by atoms with E-state index in [0.29, 0.717) is 11.0 Å². The summed E-state index contributed by atoms with van der Waals surface area (Å²) in [6, 6.07) is 16.6. The summed E-state index contributed by atoms with van der Waals surface area (Å²) < 4.78 is 0. The first-order chi connectivity index (χ1) is 14.0. The molecule has 2 saturated heterocycles. The molecule has 2 heterocycles. The molecule has 0 aliphatic carbocycles. The van der Waals surface area contributed by atoms with Gasteiger partial charge in [0.1, 0.15) is 0 Å². The molecule has 0 saturated carbocycles. The van der Waals surface area contributed by atoms with E-state index >= 15 is 0 Å². The molecule has 0 N–H and O–H groups in total. The fraction of sp³-hybridized carbons (Fsp3) is 0.435. The Hall–Kier alpha value is -2.73. The maximum absolute atomic E-state index is 12.8. The molecule has 2 fully saturated rings. The average molecular weight is 393 g/mol. The molecular weight excluding hydrogens is 366 g/mol. The van der Waals surface area contributed by atoms with Crippen LogP contribution in [0.2, 0.25) is 0 Å². The maximum atomic E-state index is 12.8. The zero-order chi connectivity index (χ0) is 20.3. The number of nitrogens with zero attached hydrogens (tertiary/aromatic N) is 3. The molecule has 152 valence electrons. The minimum atomic E-state index is -0.441. The number of benzene rings is 2. The fourth-order valence-corrected chi connectivity index (χ4v) is 4.62. The summed E-state index contributed by atoms with van der Waals surface area (Å²) in [6.07, 6.45) is 4.48. The Balaban J connectivity index is 1.29. The molecule has 6 heteroatoms. The molecule has 2 aliphatic rings. The van der Waals surface area contributed by atoms with Crippen LogP contribution in [0.4, 0.5) is 5.69 Å². The molecule has 0 aromatic heterocycles. The number of piperidine rings is 2. The summed E-state index contributed by atoms with van der Waals surface area (Å²) in [7, 11) is 0. The summed E-state index contributed by atoms with van der Waals surface area (Å²) in [6.45, 7) is 4.79. The highest BCUT2D eigenvalue weighted by Crippen LogP contribution is 2.41. The number of non-ortho nitro benzene ring substituents is 1. The van der Waals surface area contributed by atoms with E-state index < -0.39 is 4.92 Å². The van der Waals surface area contributed by atoms with Gasteiger partial charge in [-0.2, -0.15) is 0 Å². The number of hydrogen-bond donors (Lipinski definition) is 0. The summed E-state index contributed by atoms with van der Waals surface area (Å²) in [5.41, 5.74) is 2.28. The number of carbonyl (C=O) groups is 1. The molecule has 2 aromatic rings. The van der Waals surface area contributed by atoms with E-state index in [0.717, 1.165) is 45.6 Å². The fourth-order valence-electron chi connectivity index (χ4n) is 4.62. The molecule has 29 heavy (non-hydrogen) atoms. The Kier molecular flexibility index (Phi) is 5.62. The van der Waals surface area contributed by atoms with Crippen molar-refractivity contribution in [3.05, 3.63) is 75.8 Å². The number of carbonyl (C=O) groups excluding carboxylic acids is 1. The van der Waals surface area contributed by atoms with Crippen LogP contribution in [0.25, 0.3) is 0 Å². The van der Waals surface area contributed by atoms with Gasteiger partial charge in [0.2, 0.25) is 0 Å². The van der Waals surface area contributed by atoms with Crippen LogP contribution < -0.4 is 0 Å². The standard InChI is InChI=1S/C23H27N3O3/c27-22(20-6-8-21(9-7-20)26(28)29)25-16-12-23(13-17-25)10-14-24(15-11-23)18-19-4-2-1-3-5-19/h1-9H,10-18H2. The van der Waals surface area contributed by atoms with Gasteiger partial charge in [-0.15, -0.1) is 0 Å². The molecule has 6 nitrogen and oxygen atoms in total. The van der Waals surface area contributed by atoms with Crippen molar-refractivity contribution in [3.63, 3.8) is 0 Å². The summed E-state index contributed by atoms with van der Waals surface area (Å²) >= 11 is 0. The number of rotatable bonds is 4. The first kappa shape index (κ1) is 19.6. The highest BCUT2D eigenvalue weighted by atomic mass is 16.6. The first-order valence-electron chi connectivity index (χ1n) is 10.3. The van der Waals surface area contributed by atoms with E-state index in [4.69, 9.17) is 0 Å². The van der Waals surface area contributed by atoms with Gasteiger partial charge in [0.15, 0.2) is 0 Å².